The minimum absolute atomic E-state index is 0.163. The molecule has 1 atom stereocenters. The van der Waals surface area contributed by atoms with Crippen molar-refractivity contribution in [2.75, 3.05) is 11.9 Å². The summed E-state index contributed by atoms with van der Waals surface area (Å²) in [5.41, 5.74) is 2.05. The van der Waals surface area contributed by atoms with Gasteiger partial charge in [0.2, 0.25) is 5.91 Å². The van der Waals surface area contributed by atoms with Crippen LogP contribution in [0.1, 0.15) is 64.7 Å². The molecule has 31 heavy (non-hydrogen) atoms. The highest BCUT2D eigenvalue weighted by Gasteiger charge is 2.29. The summed E-state index contributed by atoms with van der Waals surface area (Å²) in [6.45, 7) is 12.7. The molecular weight excluding hydrogens is 442 g/mol. The maximum atomic E-state index is 12.9. The highest BCUT2D eigenvalue weighted by Crippen LogP contribution is 2.35. The van der Waals surface area contributed by atoms with Crippen molar-refractivity contribution in [1.29, 1.82) is 0 Å². The number of hydrogen-bond donors (Lipinski definition) is 1. The summed E-state index contributed by atoms with van der Waals surface area (Å²) >= 11 is 7.19. The van der Waals surface area contributed by atoms with Gasteiger partial charge in [0.15, 0.2) is 0 Å². The predicted molar refractivity (Wildman–Crippen MR) is 120 cm³/mol. The molecule has 2 aromatic heterocycles. The van der Waals surface area contributed by atoms with Crippen LogP contribution in [0.2, 0.25) is 5.02 Å². The number of carbonyl (C=O) groups excluding carboxylic acids is 3. The summed E-state index contributed by atoms with van der Waals surface area (Å²) in [5.74, 6) is -1.95. The van der Waals surface area contributed by atoms with Gasteiger partial charge in [-0.3, -0.25) is 9.48 Å². The number of esters is 2. The second-order valence-electron chi connectivity index (χ2n) is 7.49. The Hall–Kier alpha value is -2.39. The van der Waals surface area contributed by atoms with Gasteiger partial charge < -0.3 is 14.8 Å². The summed E-state index contributed by atoms with van der Waals surface area (Å²) in [4.78, 5) is 38.1. The third-order valence-corrected chi connectivity index (χ3v) is 6.31. The molecule has 0 saturated heterocycles. The Balaban J connectivity index is 2.31. The number of amides is 1. The zero-order chi connectivity index (χ0) is 23.5. The van der Waals surface area contributed by atoms with Crippen molar-refractivity contribution in [1.82, 2.24) is 9.78 Å². The lowest BCUT2D eigenvalue weighted by molar-refractivity contribution is -0.119. The van der Waals surface area contributed by atoms with E-state index in [0.29, 0.717) is 22.8 Å². The van der Waals surface area contributed by atoms with Crippen LogP contribution in [-0.2, 0) is 20.8 Å². The van der Waals surface area contributed by atoms with E-state index in [0.717, 1.165) is 17.0 Å². The number of aromatic nitrogens is 2. The molecule has 0 bridgehead atoms. The van der Waals surface area contributed by atoms with Gasteiger partial charge in [-0.15, -0.1) is 11.3 Å². The van der Waals surface area contributed by atoms with E-state index < -0.39 is 17.9 Å². The van der Waals surface area contributed by atoms with Crippen LogP contribution in [0.3, 0.4) is 0 Å². The molecule has 0 spiro atoms. The van der Waals surface area contributed by atoms with Crippen LogP contribution < -0.4 is 5.32 Å². The van der Waals surface area contributed by atoms with Gasteiger partial charge in [0, 0.05) is 0 Å². The van der Waals surface area contributed by atoms with Crippen LogP contribution in [0.15, 0.2) is 0 Å². The van der Waals surface area contributed by atoms with Crippen LogP contribution in [-0.4, -0.2) is 40.3 Å². The molecule has 2 heterocycles. The van der Waals surface area contributed by atoms with E-state index >= 15 is 0 Å². The molecule has 0 aromatic carbocycles. The molecule has 0 saturated carbocycles. The fourth-order valence-corrected chi connectivity index (χ4v) is 4.17. The highest BCUT2D eigenvalue weighted by molar-refractivity contribution is 7.18. The smallest absolute Gasteiger partial charge is 0.348 e. The van der Waals surface area contributed by atoms with Crippen LogP contribution >= 0.6 is 22.9 Å². The van der Waals surface area contributed by atoms with E-state index in [-0.39, 0.29) is 34.1 Å². The number of ether oxygens (including phenoxy) is 2. The lowest BCUT2D eigenvalue weighted by atomic mass is 10.1. The number of anilines is 1. The molecule has 2 rings (SSSR count). The fourth-order valence-electron chi connectivity index (χ4n) is 2.94. The topological polar surface area (TPSA) is 99.5 Å². The summed E-state index contributed by atoms with van der Waals surface area (Å²) in [6.07, 6.45) is -0.351. The van der Waals surface area contributed by atoms with Gasteiger partial charge in [-0.25, -0.2) is 9.59 Å². The summed E-state index contributed by atoms with van der Waals surface area (Å²) in [7, 11) is 0. The minimum atomic E-state index is -0.604. The Morgan fingerprint density at radius 3 is 2.32 bits per heavy atom. The maximum Gasteiger partial charge on any atom is 0.348 e. The van der Waals surface area contributed by atoms with Gasteiger partial charge in [0.1, 0.15) is 9.88 Å². The molecule has 1 amide bonds. The first kappa shape index (κ1) is 24.9. The second kappa shape index (κ2) is 10.3. The summed E-state index contributed by atoms with van der Waals surface area (Å²) in [6, 6.07) is 0. The highest BCUT2D eigenvalue weighted by atomic mass is 35.5. The van der Waals surface area contributed by atoms with Crippen LogP contribution in [0.4, 0.5) is 5.00 Å². The number of thiophene rings is 1. The van der Waals surface area contributed by atoms with Crippen molar-refractivity contribution >= 4 is 45.8 Å². The Bertz CT molecular complexity index is 996. The van der Waals surface area contributed by atoms with Crippen LogP contribution in [0.25, 0.3) is 0 Å². The third kappa shape index (κ3) is 5.65. The number of nitrogens with zero attached hydrogens (tertiary/aromatic N) is 2. The average Bonchev–Trinajstić information content (AvgIpc) is 3.12. The maximum absolute atomic E-state index is 12.9. The van der Waals surface area contributed by atoms with E-state index in [1.165, 1.54) is 0 Å². The van der Waals surface area contributed by atoms with Gasteiger partial charge in [-0.05, 0) is 47.1 Å². The van der Waals surface area contributed by atoms with Crippen molar-refractivity contribution in [3.8, 4) is 0 Å². The summed E-state index contributed by atoms with van der Waals surface area (Å²) < 4.78 is 12.1. The quantitative estimate of drug-likeness (QED) is 0.570. The van der Waals surface area contributed by atoms with Crippen LogP contribution in [0, 0.1) is 26.7 Å². The Morgan fingerprint density at radius 2 is 1.81 bits per heavy atom. The number of nitrogens with one attached hydrogen (secondary N) is 1. The number of aryl methyl sites for hydroxylation is 1. The number of rotatable bonds is 8. The second-order valence-corrected chi connectivity index (χ2v) is 8.89. The predicted octanol–water partition coefficient (Wildman–Crippen LogP) is 4.54. The molecule has 0 aliphatic heterocycles. The van der Waals surface area contributed by atoms with E-state index in [2.05, 4.69) is 10.4 Å². The van der Waals surface area contributed by atoms with E-state index in [1.54, 1.807) is 46.2 Å². The van der Waals surface area contributed by atoms with Gasteiger partial charge in [-0.1, -0.05) is 18.5 Å². The first-order valence-corrected chi connectivity index (χ1v) is 11.2. The molecule has 0 fully saturated rings. The largest absolute Gasteiger partial charge is 0.462 e. The van der Waals surface area contributed by atoms with Crippen LogP contribution in [0.5, 0.6) is 0 Å². The van der Waals surface area contributed by atoms with Gasteiger partial charge in [0.25, 0.3) is 0 Å². The minimum Gasteiger partial charge on any atom is -0.462 e. The van der Waals surface area contributed by atoms with Crippen molar-refractivity contribution < 1.29 is 23.9 Å². The number of halogens is 1. The number of carbonyl (C=O) groups is 3. The van der Waals surface area contributed by atoms with Gasteiger partial charge in [-0.2, -0.15) is 5.10 Å². The Labute approximate surface area is 190 Å². The molecule has 1 unspecified atom stereocenters. The van der Waals surface area contributed by atoms with Gasteiger partial charge >= 0.3 is 11.9 Å². The van der Waals surface area contributed by atoms with Crippen molar-refractivity contribution in [2.24, 2.45) is 5.92 Å². The van der Waals surface area contributed by atoms with E-state index in [4.69, 9.17) is 21.1 Å². The Kier molecular flexibility index (Phi) is 8.25. The monoisotopic (exact) mass is 469 g/mol. The van der Waals surface area contributed by atoms with Gasteiger partial charge in [0.05, 0.1) is 47.1 Å². The Morgan fingerprint density at radius 1 is 1.16 bits per heavy atom. The molecule has 1 N–H and O–H groups in total. The standard InChI is InChI=1S/C21H28ClN3O5S/c1-8-29-21(28)17-12(5)15(20(27)30-10(2)3)19(31-17)23-18(26)11(4)9-25-14(7)16(22)13(6)24-25/h10-11H,8-9H2,1-7H3,(H,23,26). The first-order chi connectivity index (χ1) is 14.5. The molecule has 8 nitrogen and oxygen atoms in total. The SMILES string of the molecule is CCOC(=O)c1sc(NC(=O)C(C)Cn2nc(C)c(Cl)c2C)c(C(=O)OC(C)C)c1C. The molecule has 0 aliphatic rings. The zero-order valence-corrected chi connectivity index (χ0v) is 20.4. The van der Waals surface area contributed by atoms with E-state index in [1.807, 2.05) is 6.92 Å². The molecule has 170 valence electrons. The molecular formula is C21H28ClN3O5S. The van der Waals surface area contributed by atoms with Crippen molar-refractivity contribution in [2.45, 2.75) is 61.1 Å². The third-order valence-electron chi connectivity index (χ3n) is 4.58. The normalized spacial score (nSPS) is 12.0. The lowest BCUT2D eigenvalue weighted by Gasteiger charge is -2.14. The first-order valence-electron chi connectivity index (χ1n) is 9.99. The number of hydrogen-bond acceptors (Lipinski definition) is 7. The lowest BCUT2D eigenvalue weighted by Crippen LogP contribution is -2.26. The molecule has 10 heteroatoms. The summed E-state index contributed by atoms with van der Waals surface area (Å²) in [5, 5.41) is 7.96. The van der Waals surface area contributed by atoms with Crippen molar-refractivity contribution in [3.05, 3.63) is 32.4 Å². The average molecular weight is 470 g/mol. The molecule has 2 aromatic rings. The zero-order valence-electron chi connectivity index (χ0n) is 18.8. The van der Waals surface area contributed by atoms with Crippen molar-refractivity contribution in [3.63, 3.8) is 0 Å². The molecule has 0 aliphatic carbocycles. The van der Waals surface area contributed by atoms with E-state index in [9.17, 15) is 14.4 Å². The fraction of sp³-hybridized carbons (Fsp3) is 0.524. The molecule has 0 radical (unpaired) electrons.